The normalized spacial score (nSPS) is 11.4. The maximum atomic E-state index is 12.2. The van der Waals surface area contributed by atoms with E-state index in [-0.39, 0.29) is 24.5 Å². The molecular weight excluding hydrogens is 552 g/mol. The first-order valence-corrected chi connectivity index (χ1v) is 12.8. The van der Waals surface area contributed by atoms with E-state index in [9.17, 15) is 19.7 Å². The van der Waals surface area contributed by atoms with Crippen molar-refractivity contribution < 1.29 is 47.0 Å². The molecule has 0 bridgehead atoms. The van der Waals surface area contributed by atoms with Crippen LogP contribution < -0.4 is 14.2 Å². The molecule has 0 aliphatic carbocycles. The Bertz CT molecular complexity index is 1510. The number of aromatic nitrogens is 1. The van der Waals surface area contributed by atoms with Crippen LogP contribution in [0.2, 0.25) is 0 Å². The van der Waals surface area contributed by atoms with E-state index in [1.165, 1.54) is 38.5 Å². The molecule has 0 fully saturated rings. The molecule has 2 aromatic carbocycles. The predicted octanol–water partition coefficient (Wildman–Crippen LogP) is 5.82. The summed E-state index contributed by atoms with van der Waals surface area (Å²) in [6.45, 7) is 1.94. The Labute approximate surface area is 240 Å². The largest absolute Gasteiger partial charge is 0.514 e. The standard InChI is InChI=1S/C29H28N2O11/c1-18-22(30-27(40-18)24-8-5-15-38-24)17-39-23-14-9-19(16-26(23)36-2)6-4-7-25(28(32)37-3)42-29(33)41-21-12-10-20(11-13-21)31(34)35/h5,8-16,25H,4,6-7,17H2,1-3H3/t25-/m0/s1. The lowest BCUT2D eigenvalue weighted by atomic mass is 10.1. The van der Waals surface area contributed by atoms with Crippen LogP contribution in [0.15, 0.2) is 69.7 Å². The molecule has 0 spiro atoms. The first-order chi connectivity index (χ1) is 20.3. The number of hydrogen-bond donors (Lipinski definition) is 0. The Balaban J connectivity index is 1.31. The molecule has 2 aromatic heterocycles. The van der Waals surface area contributed by atoms with E-state index in [4.69, 9.17) is 32.5 Å². The van der Waals surface area contributed by atoms with Crippen LogP contribution in [-0.4, -0.2) is 42.4 Å². The van der Waals surface area contributed by atoms with Crippen molar-refractivity contribution in [2.24, 2.45) is 0 Å². The number of hydrogen-bond acceptors (Lipinski definition) is 12. The molecular formula is C29H28N2O11. The number of oxazole rings is 1. The zero-order valence-electron chi connectivity index (χ0n) is 23.1. The van der Waals surface area contributed by atoms with Gasteiger partial charge in [-0.1, -0.05) is 6.07 Å². The molecule has 4 aromatic rings. The van der Waals surface area contributed by atoms with Crippen LogP contribution in [0.3, 0.4) is 0 Å². The van der Waals surface area contributed by atoms with Gasteiger partial charge in [-0.25, -0.2) is 14.6 Å². The Kier molecular flexibility index (Phi) is 9.77. The summed E-state index contributed by atoms with van der Waals surface area (Å²) in [7, 11) is 2.71. The summed E-state index contributed by atoms with van der Waals surface area (Å²) in [6, 6.07) is 13.8. The third-order valence-corrected chi connectivity index (χ3v) is 6.10. The van der Waals surface area contributed by atoms with Crippen molar-refractivity contribution in [1.29, 1.82) is 0 Å². The lowest BCUT2D eigenvalue weighted by molar-refractivity contribution is -0.384. The molecule has 0 N–H and O–H groups in total. The number of benzene rings is 2. The number of methoxy groups -OCH3 is 2. The monoisotopic (exact) mass is 580 g/mol. The van der Waals surface area contributed by atoms with Crippen molar-refractivity contribution in [3.8, 4) is 28.9 Å². The second kappa shape index (κ2) is 13.8. The summed E-state index contributed by atoms with van der Waals surface area (Å²) in [5, 5.41) is 10.8. The Hall–Kier alpha value is -5.33. The third kappa shape index (κ3) is 7.65. The summed E-state index contributed by atoms with van der Waals surface area (Å²) in [6.07, 6.45) is 0.342. The average molecular weight is 581 g/mol. The van der Waals surface area contributed by atoms with Gasteiger partial charge in [0.25, 0.3) is 11.6 Å². The fourth-order valence-electron chi connectivity index (χ4n) is 3.92. The van der Waals surface area contributed by atoms with E-state index in [2.05, 4.69) is 4.98 Å². The zero-order chi connectivity index (χ0) is 30.1. The molecule has 0 aliphatic rings. The first-order valence-electron chi connectivity index (χ1n) is 12.8. The summed E-state index contributed by atoms with van der Waals surface area (Å²) < 4.78 is 37.4. The molecule has 0 aliphatic heterocycles. The van der Waals surface area contributed by atoms with E-state index in [0.29, 0.717) is 47.4 Å². The SMILES string of the molecule is COC(=O)[C@H](CCCc1ccc(OCc2nc(-c3ccco3)oc2C)c(OC)c1)OC(=O)Oc1ccc([N+](=O)[O-])cc1. The van der Waals surface area contributed by atoms with E-state index >= 15 is 0 Å². The lowest BCUT2D eigenvalue weighted by Gasteiger charge is -2.16. The molecule has 0 saturated carbocycles. The molecule has 220 valence electrons. The smallest absolute Gasteiger partial charge is 0.493 e. The van der Waals surface area contributed by atoms with Crippen molar-refractivity contribution in [3.05, 3.63) is 88.0 Å². The number of nitrogens with zero attached hydrogens (tertiary/aromatic N) is 2. The molecule has 0 saturated heterocycles. The Morgan fingerprint density at radius 1 is 1.07 bits per heavy atom. The van der Waals surface area contributed by atoms with Crippen LogP contribution in [0.25, 0.3) is 11.7 Å². The van der Waals surface area contributed by atoms with Crippen LogP contribution in [0.4, 0.5) is 10.5 Å². The number of nitro benzene ring substituents is 1. The minimum atomic E-state index is -1.21. The van der Waals surface area contributed by atoms with Crippen LogP contribution in [0.1, 0.15) is 29.9 Å². The number of carbonyl (C=O) groups excluding carboxylic acids is 2. The number of non-ortho nitro benzene ring substituents is 1. The minimum absolute atomic E-state index is 0.0281. The van der Waals surface area contributed by atoms with Gasteiger partial charge in [0.2, 0.25) is 6.10 Å². The zero-order valence-corrected chi connectivity index (χ0v) is 23.1. The highest BCUT2D eigenvalue weighted by Gasteiger charge is 2.25. The van der Waals surface area contributed by atoms with Crippen molar-refractivity contribution >= 4 is 17.8 Å². The van der Waals surface area contributed by atoms with Gasteiger partial charge in [-0.15, -0.1) is 0 Å². The predicted molar refractivity (Wildman–Crippen MR) is 145 cm³/mol. The van der Waals surface area contributed by atoms with Gasteiger partial charge in [0.15, 0.2) is 17.3 Å². The number of esters is 1. The molecule has 13 heteroatoms. The number of rotatable bonds is 13. The third-order valence-electron chi connectivity index (χ3n) is 6.10. The molecule has 13 nitrogen and oxygen atoms in total. The van der Waals surface area contributed by atoms with Gasteiger partial charge < -0.3 is 32.5 Å². The maximum Gasteiger partial charge on any atom is 0.514 e. The quantitative estimate of drug-likeness (QED) is 0.0807. The summed E-state index contributed by atoms with van der Waals surface area (Å²) >= 11 is 0. The molecule has 0 radical (unpaired) electrons. The van der Waals surface area contributed by atoms with Gasteiger partial charge in [-0.05, 0) is 68.1 Å². The summed E-state index contributed by atoms with van der Waals surface area (Å²) in [5.41, 5.74) is 1.35. The highest BCUT2D eigenvalue weighted by molar-refractivity contribution is 5.77. The molecule has 0 unspecified atom stereocenters. The van der Waals surface area contributed by atoms with Crippen LogP contribution >= 0.6 is 0 Å². The topological polar surface area (TPSA) is 163 Å². The highest BCUT2D eigenvalue weighted by atomic mass is 16.7. The lowest BCUT2D eigenvalue weighted by Crippen LogP contribution is -2.30. The van der Waals surface area contributed by atoms with E-state index in [1.807, 2.05) is 12.1 Å². The Morgan fingerprint density at radius 2 is 1.86 bits per heavy atom. The second-order valence-electron chi connectivity index (χ2n) is 8.90. The highest BCUT2D eigenvalue weighted by Crippen LogP contribution is 2.30. The molecule has 0 amide bonds. The van der Waals surface area contributed by atoms with E-state index in [0.717, 1.165) is 5.56 Å². The second-order valence-corrected chi connectivity index (χ2v) is 8.90. The number of ether oxygens (including phenoxy) is 5. The maximum absolute atomic E-state index is 12.2. The van der Waals surface area contributed by atoms with Gasteiger partial charge in [-0.2, -0.15) is 0 Å². The first kappa shape index (κ1) is 29.6. The van der Waals surface area contributed by atoms with Crippen molar-refractivity contribution in [2.75, 3.05) is 14.2 Å². The van der Waals surface area contributed by atoms with Crippen molar-refractivity contribution in [1.82, 2.24) is 4.98 Å². The number of furan rings is 1. The fourth-order valence-corrected chi connectivity index (χ4v) is 3.92. The number of aryl methyl sites for hydroxylation is 2. The van der Waals surface area contributed by atoms with Gasteiger partial charge in [0, 0.05) is 12.1 Å². The van der Waals surface area contributed by atoms with Gasteiger partial charge >= 0.3 is 12.1 Å². The van der Waals surface area contributed by atoms with Gasteiger partial charge in [-0.3, -0.25) is 10.1 Å². The molecule has 2 heterocycles. The minimum Gasteiger partial charge on any atom is -0.493 e. The average Bonchev–Trinajstić information content (AvgIpc) is 3.65. The molecule has 42 heavy (non-hydrogen) atoms. The van der Waals surface area contributed by atoms with Crippen molar-refractivity contribution in [2.45, 2.75) is 38.9 Å². The van der Waals surface area contributed by atoms with Gasteiger partial charge in [0.1, 0.15) is 23.8 Å². The number of nitro groups is 1. The molecule has 4 rings (SSSR count). The summed E-state index contributed by atoms with van der Waals surface area (Å²) in [4.78, 5) is 39.1. The molecule has 1 atom stereocenters. The fraction of sp³-hybridized carbons (Fsp3) is 0.276. The number of carbonyl (C=O) groups is 2. The van der Waals surface area contributed by atoms with E-state index in [1.54, 1.807) is 31.4 Å². The van der Waals surface area contributed by atoms with Gasteiger partial charge in [0.05, 0.1) is 25.4 Å². The Morgan fingerprint density at radius 3 is 2.52 bits per heavy atom. The van der Waals surface area contributed by atoms with Crippen molar-refractivity contribution in [3.63, 3.8) is 0 Å². The van der Waals surface area contributed by atoms with Crippen LogP contribution in [0.5, 0.6) is 17.2 Å². The summed E-state index contributed by atoms with van der Waals surface area (Å²) in [5.74, 6) is 1.80. The van der Waals surface area contributed by atoms with Crippen LogP contribution in [-0.2, 0) is 27.3 Å². The van der Waals surface area contributed by atoms with Crippen LogP contribution in [0, 0.1) is 17.0 Å². The van der Waals surface area contributed by atoms with E-state index < -0.39 is 23.2 Å².